The molecule has 5 N–H and O–H groups in total. The summed E-state index contributed by atoms with van der Waals surface area (Å²) in [6.07, 6.45) is 2.74. The number of aryl methyl sites for hydroxylation is 1. The first-order valence-corrected chi connectivity index (χ1v) is 10.9. The smallest absolute Gasteiger partial charge is 0.391 e. The molecule has 0 saturated carbocycles. The third-order valence-electron chi connectivity index (χ3n) is 5.03. The topological polar surface area (TPSA) is 127 Å². The molecule has 0 fully saturated rings. The van der Waals surface area contributed by atoms with Crippen molar-refractivity contribution in [3.63, 3.8) is 0 Å². The first kappa shape index (κ1) is 20.3. The van der Waals surface area contributed by atoms with Crippen molar-refractivity contribution in [2.24, 2.45) is 0 Å². The van der Waals surface area contributed by atoms with Gasteiger partial charge in [0.25, 0.3) is 0 Å². The number of hydrogen-bond acceptors (Lipinski definition) is 7. The Morgan fingerprint density at radius 2 is 1.90 bits per heavy atom. The van der Waals surface area contributed by atoms with Crippen molar-refractivity contribution >= 4 is 36.4 Å². The first-order chi connectivity index (χ1) is 14.5. The van der Waals surface area contributed by atoms with E-state index in [2.05, 4.69) is 11.9 Å². The van der Waals surface area contributed by atoms with E-state index in [0.29, 0.717) is 23.4 Å². The molecule has 0 bridgehead atoms. The number of fused-ring (bicyclic) bond motifs is 3. The molecule has 0 aliphatic carbocycles. The van der Waals surface area contributed by atoms with E-state index in [0.717, 1.165) is 41.5 Å². The summed E-state index contributed by atoms with van der Waals surface area (Å²) >= 11 is 0. The van der Waals surface area contributed by atoms with Crippen molar-refractivity contribution in [3.05, 3.63) is 53.9 Å². The molecule has 8 nitrogen and oxygen atoms in total. The summed E-state index contributed by atoms with van der Waals surface area (Å²) < 4.78 is 6.99. The predicted molar refractivity (Wildman–Crippen MR) is 117 cm³/mol. The standard InChI is InChI=1S/C21H23N4O4P/c1-2-3-11-17-24-18-19(14-8-4-5-9-15(14)23-21(18)22)25(17)12-13-7-6-10-16(20(13)26)29-30(27)28/h4-10,26-28H,2-3,11-12H2,1H3,(H2,22,23). The highest BCUT2D eigenvalue weighted by atomic mass is 31.2. The number of aromatic hydroxyl groups is 1. The van der Waals surface area contributed by atoms with Gasteiger partial charge in [0.05, 0.1) is 17.6 Å². The second kappa shape index (κ2) is 8.44. The van der Waals surface area contributed by atoms with E-state index in [-0.39, 0.29) is 11.5 Å². The Labute approximate surface area is 174 Å². The van der Waals surface area contributed by atoms with Crippen LogP contribution >= 0.6 is 8.60 Å². The molecule has 0 radical (unpaired) electrons. The Bertz CT molecular complexity index is 1210. The largest absolute Gasteiger partial charge is 0.504 e. The zero-order valence-corrected chi connectivity index (χ0v) is 17.4. The van der Waals surface area contributed by atoms with Crippen molar-refractivity contribution in [1.29, 1.82) is 0 Å². The highest BCUT2D eigenvalue weighted by Crippen LogP contribution is 2.38. The van der Waals surface area contributed by atoms with E-state index >= 15 is 0 Å². The van der Waals surface area contributed by atoms with Crippen LogP contribution in [0.1, 0.15) is 31.2 Å². The monoisotopic (exact) mass is 426 g/mol. The molecular formula is C21H23N4O4P. The number of benzene rings is 2. The Morgan fingerprint density at radius 1 is 1.10 bits per heavy atom. The Kier molecular flexibility index (Phi) is 5.72. The van der Waals surface area contributed by atoms with E-state index in [1.165, 1.54) is 6.07 Å². The summed E-state index contributed by atoms with van der Waals surface area (Å²) in [6.45, 7) is 2.44. The highest BCUT2D eigenvalue weighted by molar-refractivity contribution is 7.39. The van der Waals surface area contributed by atoms with Crippen molar-refractivity contribution < 1.29 is 19.4 Å². The lowest BCUT2D eigenvalue weighted by atomic mass is 10.1. The number of rotatable bonds is 7. The maximum atomic E-state index is 10.6. The Hall–Kier alpha value is -2.93. The molecule has 0 saturated heterocycles. The van der Waals surface area contributed by atoms with E-state index in [1.807, 2.05) is 28.8 Å². The SMILES string of the molecule is CCCCc1nc2c(N)nc3ccccc3c2n1Cc1cccc(OP(O)O)c1O. The molecule has 0 aliphatic rings. The predicted octanol–water partition coefficient (Wildman–Crippen LogP) is 3.85. The van der Waals surface area contributed by atoms with Crippen molar-refractivity contribution in [1.82, 2.24) is 14.5 Å². The zero-order valence-electron chi connectivity index (χ0n) is 16.5. The number of anilines is 1. The summed E-state index contributed by atoms with van der Waals surface area (Å²) in [5.41, 5.74) is 9.07. The number of imidazole rings is 1. The van der Waals surface area contributed by atoms with Gasteiger partial charge in [0, 0.05) is 17.4 Å². The molecule has 2 aromatic heterocycles. The van der Waals surface area contributed by atoms with Crippen LogP contribution in [-0.4, -0.2) is 29.4 Å². The summed E-state index contributed by atoms with van der Waals surface area (Å²) in [5, 5.41) is 11.6. The van der Waals surface area contributed by atoms with Crippen molar-refractivity contribution in [2.75, 3.05) is 5.73 Å². The molecule has 2 aromatic carbocycles. The molecular weight excluding hydrogens is 403 g/mol. The fraction of sp³-hybridized carbons (Fsp3) is 0.238. The third-order valence-corrected chi connectivity index (χ3v) is 5.39. The summed E-state index contributed by atoms with van der Waals surface area (Å²) in [5.74, 6) is 1.11. The molecule has 0 amide bonds. The molecule has 0 aliphatic heterocycles. The number of pyridine rings is 1. The van der Waals surface area contributed by atoms with Crippen LogP contribution in [0.5, 0.6) is 11.5 Å². The van der Waals surface area contributed by atoms with Crippen LogP contribution in [0.2, 0.25) is 0 Å². The molecule has 9 heteroatoms. The number of phenolic OH excluding ortho intramolecular Hbond substituents is 1. The highest BCUT2D eigenvalue weighted by Gasteiger charge is 2.19. The number of para-hydroxylation sites is 2. The Morgan fingerprint density at radius 3 is 2.67 bits per heavy atom. The number of aromatic nitrogens is 3. The van der Waals surface area contributed by atoms with Gasteiger partial charge in [0.1, 0.15) is 11.3 Å². The fourth-order valence-corrected chi connectivity index (χ4v) is 3.95. The molecule has 4 rings (SSSR count). The normalized spacial score (nSPS) is 11.6. The average molecular weight is 426 g/mol. The number of unbranched alkanes of at least 4 members (excludes halogenated alkanes) is 1. The van der Waals surface area contributed by atoms with Gasteiger partial charge >= 0.3 is 8.60 Å². The van der Waals surface area contributed by atoms with Gasteiger partial charge in [-0.1, -0.05) is 43.7 Å². The lowest BCUT2D eigenvalue weighted by Crippen LogP contribution is -2.06. The summed E-state index contributed by atoms with van der Waals surface area (Å²) in [6, 6.07) is 12.7. The van der Waals surface area contributed by atoms with Gasteiger partial charge in [0.15, 0.2) is 17.3 Å². The number of nitrogen functional groups attached to an aromatic ring is 1. The van der Waals surface area contributed by atoms with Crippen LogP contribution in [0.25, 0.3) is 21.9 Å². The summed E-state index contributed by atoms with van der Waals surface area (Å²) in [4.78, 5) is 27.6. The van der Waals surface area contributed by atoms with Crippen molar-refractivity contribution in [3.8, 4) is 11.5 Å². The second-order valence-corrected chi connectivity index (χ2v) is 7.73. The first-order valence-electron chi connectivity index (χ1n) is 9.69. The molecule has 0 unspecified atom stereocenters. The minimum atomic E-state index is -2.63. The van der Waals surface area contributed by atoms with Gasteiger partial charge in [0.2, 0.25) is 0 Å². The van der Waals surface area contributed by atoms with Gasteiger partial charge < -0.3 is 29.7 Å². The molecule has 30 heavy (non-hydrogen) atoms. The molecule has 2 heterocycles. The van der Waals surface area contributed by atoms with Crippen LogP contribution in [-0.2, 0) is 13.0 Å². The van der Waals surface area contributed by atoms with Crippen LogP contribution in [0, 0.1) is 0 Å². The van der Waals surface area contributed by atoms with Gasteiger partial charge in [-0.05, 0) is 18.6 Å². The van der Waals surface area contributed by atoms with Crippen LogP contribution in [0.3, 0.4) is 0 Å². The maximum absolute atomic E-state index is 10.6. The van der Waals surface area contributed by atoms with Gasteiger partial charge in [-0.25, -0.2) is 9.97 Å². The Balaban J connectivity index is 1.91. The van der Waals surface area contributed by atoms with Crippen LogP contribution in [0.15, 0.2) is 42.5 Å². The van der Waals surface area contributed by atoms with E-state index in [4.69, 9.17) is 25.0 Å². The van der Waals surface area contributed by atoms with Crippen LogP contribution < -0.4 is 10.3 Å². The molecule has 156 valence electrons. The third kappa shape index (κ3) is 3.77. The number of hydrogen-bond donors (Lipinski definition) is 4. The summed E-state index contributed by atoms with van der Waals surface area (Å²) in [7, 11) is -2.63. The minimum absolute atomic E-state index is 0.0224. The van der Waals surface area contributed by atoms with Gasteiger partial charge in [-0.2, -0.15) is 0 Å². The molecule has 0 spiro atoms. The molecule has 0 atom stereocenters. The lowest BCUT2D eigenvalue weighted by Gasteiger charge is -2.14. The van der Waals surface area contributed by atoms with Gasteiger partial charge in [-0.3, -0.25) is 0 Å². The van der Waals surface area contributed by atoms with E-state index in [1.54, 1.807) is 12.1 Å². The van der Waals surface area contributed by atoms with Gasteiger partial charge in [-0.15, -0.1) is 0 Å². The number of nitrogens with two attached hydrogens (primary N) is 1. The number of nitrogens with zero attached hydrogens (tertiary/aromatic N) is 3. The van der Waals surface area contributed by atoms with Crippen LogP contribution in [0.4, 0.5) is 5.82 Å². The number of phenols is 1. The minimum Gasteiger partial charge on any atom is -0.504 e. The lowest BCUT2D eigenvalue weighted by molar-refractivity contribution is 0.359. The maximum Gasteiger partial charge on any atom is 0.391 e. The second-order valence-electron chi connectivity index (χ2n) is 7.04. The van der Waals surface area contributed by atoms with E-state index in [9.17, 15) is 5.11 Å². The molecule has 4 aromatic rings. The van der Waals surface area contributed by atoms with E-state index < -0.39 is 8.60 Å². The van der Waals surface area contributed by atoms with Crippen molar-refractivity contribution in [2.45, 2.75) is 32.7 Å². The fourth-order valence-electron chi connectivity index (χ4n) is 3.63. The average Bonchev–Trinajstić information content (AvgIpc) is 3.08. The quantitative estimate of drug-likeness (QED) is 0.331. The zero-order chi connectivity index (χ0) is 21.3.